The molecular formula is C15H15NO2S. The summed E-state index contributed by atoms with van der Waals surface area (Å²) in [5.74, 6) is 0. The van der Waals surface area contributed by atoms with E-state index in [1.165, 1.54) is 0 Å². The minimum absolute atomic E-state index is 0.569. The molecule has 4 heteroatoms. The molecule has 0 amide bonds. The first-order chi connectivity index (χ1) is 9.03. The molecule has 2 aromatic rings. The van der Waals surface area contributed by atoms with Crippen molar-refractivity contribution in [3.63, 3.8) is 0 Å². The van der Waals surface area contributed by atoms with Crippen LogP contribution in [0, 0.1) is 0 Å². The van der Waals surface area contributed by atoms with Crippen molar-refractivity contribution in [1.29, 1.82) is 0 Å². The molecule has 0 fully saturated rings. The fourth-order valence-corrected chi connectivity index (χ4v) is 2.20. The first-order valence-corrected chi connectivity index (χ1v) is 7.73. The molecule has 0 aromatic heterocycles. The lowest BCUT2D eigenvalue weighted by Crippen LogP contribution is -2.09. The molecule has 0 saturated heterocycles. The summed E-state index contributed by atoms with van der Waals surface area (Å²) in [7, 11) is -3.21. The molecule has 0 atom stereocenters. The second-order valence-corrected chi connectivity index (χ2v) is 5.99. The van der Waals surface area contributed by atoms with E-state index < -0.39 is 10.0 Å². The van der Waals surface area contributed by atoms with E-state index in [-0.39, 0.29) is 0 Å². The summed E-state index contributed by atoms with van der Waals surface area (Å²) in [6, 6.07) is 17.2. The van der Waals surface area contributed by atoms with Crippen LogP contribution < -0.4 is 4.72 Å². The number of sulfonamides is 1. The monoisotopic (exact) mass is 273 g/mol. The van der Waals surface area contributed by atoms with Gasteiger partial charge in [0.05, 0.1) is 6.26 Å². The van der Waals surface area contributed by atoms with Gasteiger partial charge in [0, 0.05) is 5.69 Å². The fraction of sp³-hybridized carbons (Fsp3) is 0.0667. The van der Waals surface area contributed by atoms with Gasteiger partial charge in [-0.3, -0.25) is 4.72 Å². The normalized spacial score (nSPS) is 11.6. The van der Waals surface area contributed by atoms with Crippen LogP contribution in [-0.4, -0.2) is 14.7 Å². The van der Waals surface area contributed by atoms with E-state index in [2.05, 4.69) is 4.72 Å². The average Bonchev–Trinajstić information content (AvgIpc) is 2.37. The van der Waals surface area contributed by atoms with Crippen molar-refractivity contribution >= 4 is 27.9 Å². The zero-order valence-corrected chi connectivity index (χ0v) is 11.4. The molecule has 3 nitrogen and oxygen atoms in total. The number of hydrogen-bond acceptors (Lipinski definition) is 2. The van der Waals surface area contributed by atoms with Gasteiger partial charge in [0.15, 0.2) is 0 Å². The molecule has 0 radical (unpaired) electrons. The zero-order valence-electron chi connectivity index (χ0n) is 10.6. The van der Waals surface area contributed by atoms with Crippen LogP contribution in [-0.2, 0) is 10.0 Å². The summed E-state index contributed by atoms with van der Waals surface area (Å²) in [5, 5.41) is 0. The third-order valence-corrected chi connectivity index (χ3v) is 3.09. The quantitative estimate of drug-likeness (QED) is 0.869. The highest BCUT2D eigenvalue weighted by atomic mass is 32.2. The first kappa shape index (κ1) is 13.4. The predicted molar refractivity (Wildman–Crippen MR) is 80.3 cm³/mol. The van der Waals surface area contributed by atoms with E-state index in [0.717, 1.165) is 17.4 Å². The Morgan fingerprint density at radius 1 is 0.842 bits per heavy atom. The van der Waals surface area contributed by atoms with E-state index in [1.807, 2.05) is 54.6 Å². The van der Waals surface area contributed by atoms with Crippen LogP contribution in [0.15, 0.2) is 54.6 Å². The van der Waals surface area contributed by atoms with Crippen LogP contribution in [0.3, 0.4) is 0 Å². The van der Waals surface area contributed by atoms with E-state index in [9.17, 15) is 8.42 Å². The minimum atomic E-state index is -3.21. The SMILES string of the molecule is CS(=O)(=O)Nc1ccc(C=Cc2ccccc2)cc1. The number of anilines is 1. The molecule has 0 bridgehead atoms. The largest absolute Gasteiger partial charge is 0.284 e. The maximum atomic E-state index is 11.1. The molecule has 19 heavy (non-hydrogen) atoms. The third kappa shape index (κ3) is 4.60. The van der Waals surface area contributed by atoms with Gasteiger partial charge in [0.1, 0.15) is 0 Å². The standard InChI is InChI=1S/C15H15NO2S/c1-19(17,18)16-15-11-9-14(10-12-15)8-7-13-5-3-2-4-6-13/h2-12,16H,1H3. The third-order valence-electron chi connectivity index (χ3n) is 2.48. The Bertz CT molecular complexity index is 659. The van der Waals surface area contributed by atoms with Crippen LogP contribution in [0.5, 0.6) is 0 Å². The van der Waals surface area contributed by atoms with E-state index in [4.69, 9.17) is 0 Å². The minimum Gasteiger partial charge on any atom is -0.284 e. The number of rotatable bonds is 4. The lowest BCUT2D eigenvalue weighted by molar-refractivity contribution is 0.607. The average molecular weight is 273 g/mol. The van der Waals surface area contributed by atoms with Crippen LogP contribution in [0.25, 0.3) is 12.2 Å². The predicted octanol–water partition coefficient (Wildman–Crippen LogP) is 3.23. The Morgan fingerprint density at radius 2 is 1.37 bits per heavy atom. The van der Waals surface area contributed by atoms with Gasteiger partial charge in [0.25, 0.3) is 0 Å². The maximum absolute atomic E-state index is 11.1. The van der Waals surface area contributed by atoms with Crippen molar-refractivity contribution < 1.29 is 8.42 Å². The van der Waals surface area contributed by atoms with Gasteiger partial charge in [-0.15, -0.1) is 0 Å². The van der Waals surface area contributed by atoms with Crippen molar-refractivity contribution in [1.82, 2.24) is 0 Å². The number of benzene rings is 2. The number of hydrogen-bond donors (Lipinski definition) is 1. The van der Waals surface area contributed by atoms with Gasteiger partial charge >= 0.3 is 0 Å². The molecule has 2 aromatic carbocycles. The summed E-state index contributed by atoms with van der Waals surface area (Å²) in [6.45, 7) is 0. The Morgan fingerprint density at radius 3 is 1.89 bits per heavy atom. The highest BCUT2D eigenvalue weighted by Crippen LogP contribution is 2.13. The van der Waals surface area contributed by atoms with E-state index >= 15 is 0 Å². The zero-order chi connectivity index (χ0) is 13.7. The van der Waals surface area contributed by atoms with Crippen molar-refractivity contribution in [2.24, 2.45) is 0 Å². The van der Waals surface area contributed by atoms with Crippen LogP contribution in [0.1, 0.15) is 11.1 Å². The molecule has 2 rings (SSSR count). The van der Waals surface area contributed by atoms with Crippen molar-refractivity contribution in [3.05, 3.63) is 65.7 Å². The van der Waals surface area contributed by atoms with E-state index in [0.29, 0.717) is 5.69 Å². The van der Waals surface area contributed by atoms with Gasteiger partial charge in [-0.25, -0.2) is 8.42 Å². The Hall–Kier alpha value is -2.07. The van der Waals surface area contributed by atoms with Gasteiger partial charge < -0.3 is 0 Å². The molecular weight excluding hydrogens is 258 g/mol. The van der Waals surface area contributed by atoms with Crippen LogP contribution in [0.4, 0.5) is 5.69 Å². The van der Waals surface area contributed by atoms with Crippen molar-refractivity contribution in [2.45, 2.75) is 0 Å². The molecule has 0 aliphatic rings. The smallest absolute Gasteiger partial charge is 0.229 e. The molecule has 0 heterocycles. The Labute approximate surface area is 113 Å². The van der Waals surface area contributed by atoms with Gasteiger partial charge in [0.2, 0.25) is 10.0 Å². The summed E-state index contributed by atoms with van der Waals surface area (Å²) in [5.41, 5.74) is 2.71. The van der Waals surface area contributed by atoms with Gasteiger partial charge in [-0.05, 0) is 23.3 Å². The molecule has 0 aliphatic carbocycles. The molecule has 0 unspecified atom stereocenters. The Kier molecular flexibility index (Phi) is 4.02. The summed E-state index contributed by atoms with van der Waals surface area (Å²) < 4.78 is 24.6. The Balaban J connectivity index is 2.09. The molecule has 0 spiro atoms. The first-order valence-electron chi connectivity index (χ1n) is 5.84. The maximum Gasteiger partial charge on any atom is 0.229 e. The van der Waals surface area contributed by atoms with E-state index in [1.54, 1.807) is 12.1 Å². The molecule has 98 valence electrons. The van der Waals surface area contributed by atoms with Gasteiger partial charge in [-0.2, -0.15) is 0 Å². The fourth-order valence-electron chi connectivity index (χ4n) is 1.63. The summed E-state index contributed by atoms with van der Waals surface area (Å²) >= 11 is 0. The van der Waals surface area contributed by atoms with Crippen LogP contribution >= 0.6 is 0 Å². The second-order valence-electron chi connectivity index (χ2n) is 4.24. The lowest BCUT2D eigenvalue weighted by Gasteiger charge is -2.03. The topological polar surface area (TPSA) is 46.2 Å². The highest BCUT2D eigenvalue weighted by molar-refractivity contribution is 7.92. The molecule has 0 aliphatic heterocycles. The summed E-state index contributed by atoms with van der Waals surface area (Å²) in [6.07, 6.45) is 5.13. The molecule has 1 N–H and O–H groups in total. The lowest BCUT2D eigenvalue weighted by atomic mass is 10.1. The molecule has 0 saturated carbocycles. The van der Waals surface area contributed by atoms with Crippen LogP contribution in [0.2, 0.25) is 0 Å². The van der Waals surface area contributed by atoms with Crippen molar-refractivity contribution in [2.75, 3.05) is 11.0 Å². The van der Waals surface area contributed by atoms with Crippen molar-refractivity contribution in [3.8, 4) is 0 Å². The summed E-state index contributed by atoms with van der Waals surface area (Å²) in [4.78, 5) is 0. The van der Waals surface area contributed by atoms with Gasteiger partial charge in [-0.1, -0.05) is 54.6 Å². The second kappa shape index (κ2) is 5.71. The number of nitrogens with one attached hydrogen (secondary N) is 1. The highest BCUT2D eigenvalue weighted by Gasteiger charge is 2.00.